The lowest BCUT2D eigenvalue weighted by Gasteiger charge is -2.14. The number of carbonyl (C=O) groups is 1. The molecule has 0 atom stereocenters. The molecule has 1 aromatic carbocycles. The average molecular weight is 311 g/mol. The summed E-state index contributed by atoms with van der Waals surface area (Å²) in [5.74, 6) is 0.917. The van der Waals surface area contributed by atoms with Crippen molar-refractivity contribution in [3.63, 3.8) is 0 Å². The molecule has 0 aliphatic rings. The summed E-state index contributed by atoms with van der Waals surface area (Å²) in [6.45, 7) is 0.368. The number of rotatable bonds is 5. The molecular weight excluding hydrogens is 294 g/mol. The number of methoxy groups -OCH3 is 1. The first-order valence-electron chi connectivity index (χ1n) is 7.16. The van der Waals surface area contributed by atoms with Gasteiger partial charge in [-0.25, -0.2) is 4.68 Å². The quantitative estimate of drug-likeness (QED) is 0.727. The van der Waals surface area contributed by atoms with E-state index in [0.29, 0.717) is 18.1 Å². The number of nitrogens with zero attached hydrogens (tertiary/aromatic N) is 3. The second-order valence-electron chi connectivity index (χ2n) is 5.07. The van der Waals surface area contributed by atoms with Crippen molar-refractivity contribution in [2.24, 2.45) is 0 Å². The summed E-state index contributed by atoms with van der Waals surface area (Å²) < 4.78 is 12.2. The van der Waals surface area contributed by atoms with E-state index < -0.39 is 0 Å². The van der Waals surface area contributed by atoms with Crippen LogP contribution in [0.25, 0.3) is 5.69 Å². The van der Waals surface area contributed by atoms with Crippen LogP contribution >= 0.6 is 0 Å². The molecule has 0 bridgehead atoms. The van der Waals surface area contributed by atoms with E-state index in [9.17, 15) is 4.79 Å². The number of furan rings is 1. The molecular formula is C17H17N3O3. The molecule has 118 valence electrons. The molecule has 0 fully saturated rings. The molecule has 0 aliphatic heterocycles. The summed E-state index contributed by atoms with van der Waals surface area (Å²) in [6, 6.07) is 13.2. The lowest BCUT2D eigenvalue weighted by Crippen LogP contribution is -2.27. The van der Waals surface area contributed by atoms with Crippen molar-refractivity contribution < 1.29 is 13.9 Å². The van der Waals surface area contributed by atoms with E-state index in [1.165, 1.54) is 7.11 Å². The Kier molecular flexibility index (Phi) is 4.14. The van der Waals surface area contributed by atoms with E-state index in [-0.39, 0.29) is 11.6 Å². The number of aromatic nitrogens is 2. The van der Waals surface area contributed by atoms with Gasteiger partial charge in [0.05, 0.1) is 31.8 Å². The highest BCUT2D eigenvalue weighted by Crippen LogP contribution is 2.21. The minimum Gasteiger partial charge on any atom is -0.493 e. The standard InChI is InChI=1S/C17H17N3O3/c1-19(11-14-9-6-10-23-14)17(21)16-15(22-2)12-20(18-16)13-7-4-3-5-8-13/h3-10,12H,11H2,1-2H3. The zero-order chi connectivity index (χ0) is 16.2. The van der Waals surface area contributed by atoms with Crippen molar-refractivity contribution in [2.45, 2.75) is 6.54 Å². The Morgan fingerprint density at radius 1 is 1.26 bits per heavy atom. The van der Waals surface area contributed by atoms with E-state index in [1.807, 2.05) is 36.4 Å². The average Bonchev–Trinajstić information content (AvgIpc) is 3.24. The number of benzene rings is 1. The lowest BCUT2D eigenvalue weighted by atomic mass is 10.3. The summed E-state index contributed by atoms with van der Waals surface area (Å²) in [4.78, 5) is 14.2. The minimum atomic E-state index is -0.229. The van der Waals surface area contributed by atoms with Gasteiger partial charge in [0.25, 0.3) is 5.91 Å². The molecule has 0 radical (unpaired) electrons. The molecule has 0 unspecified atom stereocenters. The summed E-state index contributed by atoms with van der Waals surface area (Å²) >= 11 is 0. The van der Waals surface area contributed by atoms with E-state index in [0.717, 1.165) is 5.69 Å². The number of hydrogen-bond acceptors (Lipinski definition) is 4. The van der Waals surface area contributed by atoms with Crippen LogP contribution in [0.1, 0.15) is 16.2 Å². The van der Waals surface area contributed by atoms with Gasteiger partial charge in [-0.1, -0.05) is 18.2 Å². The van der Waals surface area contributed by atoms with Crippen molar-refractivity contribution in [3.05, 3.63) is 66.4 Å². The van der Waals surface area contributed by atoms with Gasteiger partial charge >= 0.3 is 0 Å². The maximum Gasteiger partial charge on any atom is 0.278 e. The summed E-state index contributed by atoms with van der Waals surface area (Å²) in [6.07, 6.45) is 3.28. The molecule has 6 nitrogen and oxygen atoms in total. The van der Waals surface area contributed by atoms with Gasteiger partial charge in [0.15, 0.2) is 11.4 Å². The Bertz CT molecular complexity index is 779. The summed E-state index contributed by atoms with van der Waals surface area (Å²) in [5, 5.41) is 4.37. The second kappa shape index (κ2) is 6.39. The zero-order valence-corrected chi connectivity index (χ0v) is 13.0. The molecule has 3 aromatic rings. The van der Waals surface area contributed by atoms with Crippen molar-refractivity contribution >= 4 is 5.91 Å². The van der Waals surface area contributed by atoms with Crippen molar-refractivity contribution in [2.75, 3.05) is 14.2 Å². The zero-order valence-electron chi connectivity index (χ0n) is 13.0. The highest BCUT2D eigenvalue weighted by molar-refractivity contribution is 5.94. The molecule has 0 N–H and O–H groups in total. The highest BCUT2D eigenvalue weighted by atomic mass is 16.5. The van der Waals surface area contributed by atoms with Crippen LogP contribution < -0.4 is 4.74 Å². The van der Waals surface area contributed by atoms with Crippen molar-refractivity contribution in [1.29, 1.82) is 0 Å². The molecule has 6 heteroatoms. The molecule has 2 heterocycles. The Morgan fingerprint density at radius 3 is 2.70 bits per heavy atom. The van der Waals surface area contributed by atoms with Gasteiger partial charge in [-0.05, 0) is 24.3 Å². The van der Waals surface area contributed by atoms with E-state index in [1.54, 1.807) is 35.2 Å². The molecule has 0 saturated carbocycles. The predicted molar refractivity (Wildman–Crippen MR) is 84.6 cm³/mol. The number of ether oxygens (including phenoxy) is 1. The number of para-hydroxylation sites is 1. The highest BCUT2D eigenvalue weighted by Gasteiger charge is 2.22. The number of carbonyl (C=O) groups excluding carboxylic acids is 1. The van der Waals surface area contributed by atoms with Gasteiger partial charge in [-0.15, -0.1) is 0 Å². The van der Waals surface area contributed by atoms with E-state index >= 15 is 0 Å². The molecule has 0 saturated heterocycles. The van der Waals surface area contributed by atoms with Gasteiger partial charge in [0, 0.05) is 7.05 Å². The van der Waals surface area contributed by atoms with E-state index in [2.05, 4.69) is 5.10 Å². The first-order chi connectivity index (χ1) is 11.2. The number of amides is 1. The van der Waals surface area contributed by atoms with Crippen LogP contribution in [0.15, 0.2) is 59.3 Å². The van der Waals surface area contributed by atoms with Crippen LogP contribution in [0.5, 0.6) is 5.75 Å². The summed E-state index contributed by atoms with van der Waals surface area (Å²) in [5.41, 5.74) is 1.13. The van der Waals surface area contributed by atoms with Crippen molar-refractivity contribution in [3.8, 4) is 11.4 Å². The van der Waals surface area contributed by atoms with Gasteiger partial charge in [-0.2, -0.15) is 5.10 Å². The molecule has 0 spiro atoms. The maximum absolute atomic E-state index is 12.6. The van der Waals surface area contributed by atoms with Crippen LogP contribution in [-0.4, -0.2) is 34.7 Å². The largest absolute Gasteiger partial charge is 0.493 e. The van der Waals surface area contributed by atoms with Crippen molar-refractivity contribution in [1.82, 2.24) is 14.7 Å². The van der Waals surface area contributed by atoms with Gasteiger partial charge in [0.1, 0.15) is 5.76 Å². The SMILES string of the molecule is COc1cn(-c2ccccc2)nc1C(=O)N(C)Cc1ccco1. The second-order valence-corrected chi connectivity index (χ2v) is 5.07. The van der Waals surface area contributed by atoms with Gasteiger partial charge in [-0.3, -0.25) is 4.79 Å². The molecule has 1 amide bonds. The third-order valence-electron chi connectivity index (χ3n) is 3.44. The van der Waals surface area contributed by atoms with Crippen LogP contribution in [0, 0.1) is 0 Å². The number of hydrogen-bond donors (Lipinski definition) is 0. The third-order valence-corrected chi connectivity index (χ3v) is 3.44. The Labute approximate surface area is 133 Å². The first-order valence-corrected chi connectivity index (χ1v) is 7.16. The van der Waals surface area contributed by atoms with Crippen LogP contribution in [-0.2, 0) is 6.54 Å². The predicted octanol–water partition coefficient (Wildman–Crippen LogP) is 2.75. The fourth-order valence-corrected chi connectivity index (χ4v) is 2.26. The Balaban J connectivity index is 1.86. The smallest absolute Gasteiger partial charge is 0.278 e. The lowest BCUT2D eigenvalue weighted by molar-refractivity contribution is 0.0766. The fourth-order valence-electron chi connectivity index (χ4n) is 2.26. The molecule has 2 aromatic heterocycles. The van der Waals surface area contributed by atoms with E-state index in [4.69, 9.17) is 9.15 Å². The fraction of sp³-hybridized carbons (Fsp3) is 0.176. The normalized spacial score (nSPS) is 10.5. The monoisotopic (exact) mass is 311 g/mol. The third kappa shape index (κ3) is 3.11. The van der Waals surface area contributed by atoms with Crippen LogP contribution in [0.3, 0.4) is 0 Å². The van der Waals surface area contributed by atoms with Crippen LogP contribution in [0.4, 0.5) is 0 Å². The molecule has 3 rings (SSSR count). The minimum absolute atomic E-state index is 0.229. The Morgan fingerprint density at radius 2 is 2.04 bits per heavy atom. The Hall–Kier alpha value is -3.02. The first kappa shape index (κ1) is 14.9. The maximum atomic E-state index is 12.6. The van der Waals surface area contributed by atoms with Gasteiger partial charge < -0.3 is 14.1 Å². The summed E-state index contributed by atoms with van der Waals surface area (Å²) in [7, 11) is 3.22. The van der Waals surface area contributed by atoms with Crippen LogP contribution in [0.2, 0.25) is 0 Å². The topological polar surface area (TPSA) is 60.5 Å². The molecule has 23 heavy (non-hydrogen) atoms. The molecule has 0 aliphatic carbocycles. The van der Waals surface area contributed by atoms with Gasteiger partial charge in [0.2, 0.25) is 0 Å².